The van der Waals surface area contributed by atoms with Gasteiger partial charge in [0.15, 0.2) is 17.3 Å². The molecule has 0 saturated carbocycles. The van der Waals surface area contributed by atoms with Gasteiger partial charge in [-0.05, 0) is 18.6 Å². The minimum absolute atomic E-state index is 0.104. The van der Waals surface area contributed by atoms with E-state index in [1.165, 1.54) is 27.4 Å². The lowest BCUT2D eigenvalue weighted by molar-refractivity contribution is 0.0968. The standard InChI is InChI=1S/C21H22O6Si/c1-25-28(26-2,27-3)12-6-9-19(22)14-10-11-17-18(13-14)21(24)16-8-5-4-7-15(16)20(17)23/h4-5,7-8,10-11,13H,6,9,12H2,1-3H3. The lowest BCUT2D eigenvalue weighted by Gasteiger charge is -2.24. The van der Waals surface area contributed by atoms with Gasteiger partial charge in [-0.15, -0.1) is 0 Å². The van der Waals surface area contributed by atoms with Gasteiger partial charge in [-0.1, -0.05) is 30.3 Å². The van der Waals surface area contributed by atoms with Crippen LogP contribution in [-0.2, 0) is 13.3 Å². The summed E-state index contributed by atoms with van der Waals surface area (Å²) in [6, 6.07) is 12.0. The van der Waals surface area contributed by atoms with Crippen molar-refractivity contribution < 1.29 is 27.7 Å². The number of fused-ring (bicyclic) bond motifs is 2. The van der Waals surface area contributed by atoms with Crippen molar-refractivity contribution in [3.8, 4) is 0 Å². The molecule has 0 saturated heterocycles. The fraction of sp³-hybridized carbons (Fsp3) is 0.286. The second-order valence-electron chi connectivity index (χ2n) is 6.54. The molecule has 1 aliphatic rings. The summed E-state index contributed by atoms with van der Waals surface area (Å²) in [7, 11) is 1.88. The Morgan fingerprint density at radius 2 is 1.36 bits per heavy atom. The van der Waals surface area contributed by atoms with Gasteiger partial charge in [-0.2, -0.15) is 0 Å². The highest BCUT2D eigenvalue weighted by atomic mass is 28.4. The number of carbonyl (C=O) groups is 3. The van der Waals surface area contributed by atoms with Gasteiger partial charge in [-0.3, -0.25) is 14.4 Å². The van der Waals surface area contributed by atoms with Crippen LogP contribution in [0.4, 0.5) is 0 Å². The van der Waals surface area contributed by atoms with Crippen LogP contribution >= 0.6 is 0 Å². The van der Waals surface area contributed by atoms with Crippen LogP contribution < -0.4 is 0 Å². The minimum atomic E-state index is -2.72. The average molecular weight is 398 g/mol. The summed E-state index contributed by atoms with van der Waals surface area (Å²) >= 11 is 0. The lowest BCUT2D eigenvalue weighted by atomic mass is 9.83. The Bertz CT molecular complexity index is 924. The molecule has 0 fully saturated rings. The van der Waals surface area contributed by atoms with E-state index in [9.17, 15) is 14.4 Å². The van der Waals surface area contributed by atoms with Crippen LogP contribution in [0.15, 0.2) is 42.5 Å². The van der Waals surface area contributed by atoms with E-state index in [2.05, 4.69) is 0 Å². The van der Waals surface area contributed by atoms with E-state index >= 15 is 0 Å². The first kappa shape index (κ1) is 20.3. The van der Waals surface area contributed by atoms with Crippen LogP contribution in [-0.4, -0.2) is 47.5 Å². The van der Waals surface area contributed by atoms with E-state index in [1.807, 2.05) is 0 Å². The Labute approximate surface area is 164 Å². The van der Waals surface area contributed by atoms with E-state index < -0.39 is 8.80 Å². The Kier molecular flexibility index (Phi) is 6.00. The molecule has 0 N–H and O–H groups in total. The summed E-state index contributed by atoms with van der Waals surface area (Å²) in [4.78, 5) is 38.0. The molecule has 2 aromatic rings. The van der Waals surface area contributed by atoms with E-state index in [0.717, 1.165) is 0 Å². The van der Waals surface area contributed by atoms with Gasteiger partial charge in [0, 0.05) is 61.6 Å². The molecule has 0 aromatic heterocycles. The molecule has 0 unspecified atom stereocenters. The monoisotopic (exact) mass is 398 g/mol. The highest BCUT2D eigenvalue weighted by Crippen LogP contribution is 2.28. The number of ketones is 3. The molecule has 3 rings (SSSR count). The molecule has 0 spiro atoms. The molecule has 6 nitrogen and oxygen atoms in total. The van der Waals surface area contributed by atoms with Crippen molar-refractivity contribution in [1.82, 2.24) is 0 Å². The second-order valence-corrected chi connectivity index (χ2v) is 9.63. The summed E-state index contributed by atoms with van der Waals surface area (Å²) in [6.07, 6.45) is 0.801. The molecular formula is C21H22O6Si. The van der Waals surface area contributed by atoms with Gasteiger partial charge in [-0.25, -0.2) is 0 Å². The molecular weight excluding hydrogens is 376 g/mol. The molecule has 0 aliphatic heterocycles. The minimum Gasteiger partial charge on any atom is -0.377 e. The third kappa shape index (κ3) is 3.61. The summed E-state index contributed by atoms with van der Waals surface area (Å²) in [5.74, 6) is -0.530. The van der Waals surface area contributed by atoms with Gasteiger partial charge in [0.25, 0.3) is 0 Å². The summed E-state index contributed by atoms with van der Waals surface area (Å²) in [5, 5.41) is 0. The molecule has 0 heterocycles. The van der Waals surface area contributed by atoms with Crippen molar-refractivity contribution in [3.05, 3.63) is 70.3 Å². The fourth-order valence-corrected chi connectivity index (χ4v) is 5.16. The quantitative estimate of drug-likeness (QED) is 0.428. The first-order valence-electron chi connectivity index (χ1n) is 8.97. The normalized spacial score (nSPS) is 13.2. The van der Waals surface area contributed by atoms with Crippen molar-refractivity contribution in [2.75, 3.05) is 21.3 Å². The molecule has 146 valence electrons. The number of rotatable bonds is 8. The predicted octanol–water partition coefficient (Wildman–Crippen LogP) is 3.30. The zero-order chi connectivity index (χ0) is 20.3. The number of hydrogen-bond donors (Lipinski definition) is 0. The molecule has 0 bridgehead atoms. The third-order valence-corrected chi connectivity index (χ3v) is 7.90. The number of benzene rings is 2. The van der Waals surface area contributed by atoms with E-state index in [1.54, 1.807) is 36.4 Å². The Hall–Kier alpha value is -2.45. The van der Waals surface area contributed by atoms with Gasteiger partial charge in [0.05, 0.1) is 0 Å². The maximum Gasteiger partial charge on any atom is 0.500 e. The van der Waals surface area contributed by atoms with E-state index in [-0.39, 0.29) is 29.3 Å². The van der Waals surface area contributed by atoms with Gasteiger partial charge < -0.3 is 13.3 Å². The van der Waals surface area contributed by atoms with Crippen LogP contribution in [0, 0.1) is 0 Å². The summed E-state index contributed by atoms with van der Waals surface area (Å²) < 4.78 is 16.1. The fourth-order valence-electron chi connectivity index (χ4n) is 3.44. The largest absolute Gasteiger partial charge is 0.500 e. The summed E-state index contributed by atoms with van der Waals surface area (Å²) in [6.45, 7) is 0. The van der Waals surface area contributed by atoms with Crippen LogP contribution in [0.3, 0.4) is 0 Å². The first-order chi connectivity index (χ1) is 13.5. The second kappa shape index (κ2) is 8.28. The lowest BCUT2D eigenvalue weighted by Crippen LogP contribution is -2.42. The number of Topliss-reactive ketones (excluding diaryl/α,β-unsaturated/α-hetero) is 1. The van der Waals surface area contributed by atoms with E-state index in [4.69, 9.17) is 13.3 Å². The highest BCUT2D eigenvalue weighted by Gasteiger charge is 2.37. The van der Waals surface area contributed by atoms with Crippen molar-refractivity contribution in [1.29, 1.82) is 0 Å². The van der Waals surface area contributed by atoms with Gasteiger partial charge >= 0.3 is 8.80 Å². The Morgan fingerprint density at radius 3 is 1.93 bits per heavy atom. The zero-order valence-electron chi connectivity index (χ0n) is 16.1. The molecule has 0 amide bonds. The third-order valence-electron chi connectivity index (χ3n) is 5.07. The van der Waals surface area contributed by atoms with Crippen LogP contribution in [0.25, 0.3) is 0 Å². The molecule has 2 aromatic carbocycles. The molecule has 1 aliphatic carbocycles. The Balaban J connectivity index is 1.78. The smallest absolute Gasteiger partial charge is 0.377 e. The number of hydrogen-bond acceptors (Lipinski definition) is 6. The van der Waals surface area contributed by atoms with Crippen LogP contribution in [0.2, 0.25) is 6.04 Å². The maximum absolute atomic E-state index is 12.8. The van der Waals surface area contributed by atoms with Crippen molar-refractivity contribution in [3.63, 3.8) is 0 Å². The van der Waals surface area contributed by atoms with E-state index in [0.29, 0.717) is 34.7 Å². The van der Waals surface area contributed by atoms with Gasteiger partial charge in [0.2, 0.25) is 0 Å². The highest BCUT2D eigenvalue weighted by molar-refractivity contribution is 6.60. The first-order valence-corrected chi connectivity index (χ1v) is 10.9. The van der Waals surface area contributed by atoms with Crippen LogP contribution in [0.5, 0.6) is 0 Å². The Morgan fingerprint density at radius 1 is 0.821 bits per heavy atom. The molecule has 7 heteroatoms. The molecule has 0 radical (unpaired) electrons. The van der Waals surface area contributed by atoms with Crippen molar-refractivity contribution in [2.24, 2.45) is 0 Å². The average Bonchev–Trinajstić information content (AvgIpc) is 2.75. The number of carbonyl (C=O) groups excluding carboxylic acids is 3. The topological polar surface area (TPSA) is 78.9 Å². The maximum atomic E-state index is 12.8. The van der Waals surface area contributed by atoms with Gasteiger partial charge in [0.1, 0.15) is 0 Å². The molecule has 0 atom stereocenters. The molecule has 28 heavy (non-hydrogen) atoms. The zero-order valence-corrected chi connectivity index (χ0v) is 17.1. The summed E-state index contributed by atoms with van der Waals surface area (Å²) in [5.41, 5.74) is 1.81. The SMILES string of the molecule is CO[Si](CCCC(=O)c1ccc2c(c1)C(=O)c1ccccc1C2=O)(OC)OC. The van der Waals surface area contributed by atoms with Crippen molar-refractivity contribution in [2.45, 2.75) is 18.9 Å². The predicted molar refractivity (Wildman–Crippen MR) is 105 cm³/mol. The van der Waals surface area contributed by atoms with Crippen molar-refractivity contribution >= 4 is 26.2 Å². The van der Waals surface area contributed by atoms with Crippen LogP contribution in [0.1, 0.15) is 55.0 Å².